The monoisotopic (exact) mass is 488 g/mol. The van der Waals surface area contributed by atoms with Crippen LogP contribution < -0.4 is 0 Å². The second-order valence-electron chi connectivity index (χ2n) is 8.71. The molecule has 1 atom stereocenters. The van der Waals surface area contributed by atoms with Gasteiger partial charge in [-0.2, -0.15) is 0 Å². The lowest BCUT2D eigenvalue weighted by Crippen LogP contribution is -2.46. The molecule has 1 heterocycles. The standard InChI is InChI=1S/C29H29FN2O2S/c1-3-21(2)32(29(34)25-13-12-23-7-4-5-8-24(23)17-25)20-28(33)31(19-27-9-6-16-35-27)18-22-10-14-26(30)15-11-22/h4-17,21H,3,18-20H2,1-2H3. The van der Waals surface area contributed by atoms with E-state index in [1.807, 2.05) is 73.8 Å². The maximum absolute atomic E-state index is 13.6. The summed E-state index contributed by atoms with van der Waals surface area (Å²) in [5.74, 6) is -0.609. The highest BCUT2D eigenvalue weighted by atomic mass is 32.1. The van der Waals surface area contributed by atoms with Crippen LogP contribution in [0.15, 0.2) is 84.2 Å². The van der Waals surface area contributed by atoms with Crippen molar-refractivity contribution in [3.05, 3.63) is 106 Å². The molecule has 4 rings (SSSR count). The molecule has 0 aliphatic heterocycles. The van der Waals surface area contributed by atoms with Gasteiger partial charge in [-0.1, -0.05) is 55.5 Å². The van der Waals surface area contributed by atoms with Gasteiger partial charge in [0.15, 0.2) is 0 Å². The molecular formula is C29H29FN2O2S. The topological polar surface area (TPSA) is 40.6 Å². The summed E-state index contributed by atoms with van der Waals surface area (Å²) in [7, 11) is 0. The Bertz CT molecular complexity index is 1290. The van der Waals surface area contributed by atoms with E-state index >= 15 is 0 Å². The number of fused-ring (bicyclic) bond motifs is 1. The third kappa shape index (κ3) is 6.14. The summed E-state index contributed by atoms with van der Waals surface area (Å²) >= 11 is 1.58. The Labute approximate surface area is 209 Å². The fourth-order valence-electron chi connectivity index (χ4n) is 4.02. The van der Waals surface area contributed by atoms with E-state index in [2.05, 4.69) is 0 Å². The van der Waals surface area contributed by atoms with Crippen molar-refractivity contribution in [3.8, 4) is 0 Å². The van der Waals surface area contributed by atoms with Gasteiger partial charge in [-0.3, -0.25) is 9.59 Å². The fraction of sp³-hybridized carbons (Fsp3) is 0.241. The maximum Gasteiger partial charge on any atom is 0.254 e. The molecule has 0 spiro atoms. The summed E-state index contributed by atoms with van der Waals surface area (Å²) in [6, 6.07) is 23.6. The third-order valence-electron chi connectivity index (χ3n) is 6.25. The Morgan fingerprint density at radius 2 is 1.66 bits per heavy atom. The zero-order chi connectivity index (χ0) is 24.8. The number of hydrogen-bond acceptors (Lipinski definition) is 3. The Balaban J connectivity index is 1.58. The van der Waals surface area contributed by atoms with E-state index in [-0.39, 0.29) is 30.2 Å². The van der Waals surface area contributed by atoms with E-state index < -0.39 is 0 Å². The first kappa shape index (κ1) is 24.6. The second-order valence-corrected chi connectivity index (χ2v) is 9.74. The number of carbonyl (C=O) groups excluding carboxylic acids is 2. The second kappa shape index (κ2) is 11.3. The van der Waals surface area contributed by atoms with Crippen molar-refractivity contribution in [1.82, 2.24) is 9.80 Å². The molecule has 0 radical (unpaired) electrons. The van der Waals surface area contributed by atoms with Crippen molar-refractivity contribution in [2.24, 2.45) is 0 Å². The largest absolute Gasteiger partial charge is 0.332 e. The van der Waals surface area contributed by atoms with Crippen LogP contribution in [0, 0.1) is 5.82 Å². The smallest absolute Gasteiger partial charge is 0.254 e. The Morgan fingerprint density at radius 1 is 0.914 bits per heavy atom. The Kier molecular flexibility index (Phi) is 7.93. The van der Waals surface area contributed by atoms with Crippen LogP contribution in [0.4, 0.5) is 4.39 Å². The van der Waals surface area contributed by atoms with Crippen molar-refractivity contribution >= 4 is 33.9 Å². The zero-order valence-corrected chi connectivity index (χ0v) is 20.8. The van der Waals surface area contributed by atoms with Crippen molar-refractivity contribution in [3.63, 3.8) is 0 Å². The molecule has 0 bridgehead atoms. The first-order valence-corrected chi connectivity index (χ1v) is 12.7. The molecule has 0 fully saturated rings. The van der Waals surface area contributed by atoms with Crippen LogP contribution in [0.3, 0.4) is 0 Å². The average Bonchev–Trinajstić information content (AvgIpc) is 3.40. The summed E-state index contributed by atoms with van der Waals surface area (Å²) in [4.78, 5) is 31.6. The molecule has 0 N–H and O–H groups in total. The number of carbonyl (C=O) groups is 2. The van der Waals surface area contributed by atoms with E-state index in [0.29, 0.717) is 18.7 Å². The van der Waals surface area contributed by atoms with Gasteiger partial charge in [0.2, 0.25) is 5.91 Å². The van der Waals surface area contributed by atoms with Gasteiger partial charge >= 0.3 is 0 Å². The summed E-state index contributed by atoms with van der Waals surface area (Å²) in [5, 5.41) is 4.03. The Morgan fingerprint density at radius 3 is 2.34 bits per heavy atom. The van der Waals surface area contributed by atoms with Crippen molar-refractivity contribution in [2.75, 3.05) is 6.54 Å². The lowest BCUT2D eigenvalue weighted by atomic mass is 10.1. The quantitative estimate of drug-likeness (QED) is 0.269. The molecule has 6 heteroatoms. The number of nitrogens with zero attached hydrogens (tertiary/aromatic N) is 2. The summed E-state index contributed by atoms with van der Waals surface area (Å²) in [5.41, 5.74) is 1.41. The predicted octanol–water partition coefficient (Wildman–Crippen LogP) is 6.51. The molecule has 3 aromatic carbocycles. The van der Waals surface area contributed by atoms with Crippen LogP contribution in [0.2, 0.25) is 0 Å². The lowest BCUT2D eigenvalue weighted by molar-refractivity contribution is -0.133. The molecule has 0 saturated heterocycles. The van der Waals surface area contributed by atoms with Crippen molar-refractivity contribution in [2.45, 2.75) is 39.4 Å². The van der Waals surface area contributed by atoms with Crippen LogP contribution in [0.5, 0.6) is 0 Å². The van der Waals surface area contributed by atoms with Gasteiger partial charge in [-0.25, -0.2) is 4.39 Å². The van der Waals surface area contributed by atoms with Gasteiger partial charge in [0.25, 0.3) is 5.91 Å². The predicted molar refractivity (Wildman–Crippen MR) is 140 cm³/mol. The van der Waals surface area contributed by atoms with E-state index in [0.717, 1.165) is 27.6 Å². The molecule has 0 aliphatic rings. The molecule has 0 aliphatic carbocycles. The van der Waals surface area contributed by atoms with Gasteiger partial charge in [0.05, 0.1) is 6.54 Å². The molecule has 4 nitrogen and oxygen atoms in total. The average molecular weight is 489 g/mol. The van der Waals surface area contributed by atoms with Gasteiger partial charge in [-0.15, -0.1) is 11.3 Å². The van der Waals surface area contributed by atoms with Crippen LogP contribution in [0.1, 0.15) is 41.1 Å². The number of hydrogen-bond donors (Lipinski definition) is 0. The van der Waals surface area contributed by atoms with Gasteiger partial charge in [-0.05, 0) is 65.4 Å². The maximum atomic E-state index is 13.6. The molecule has 0 saturated carbocycles. The van der Waals surface area contributed by atoms with E-state index in [1.54, 1.807) is 33.3 Å². The minimum absolute atomic E-state index is 0.0206. The summed E-state index contributed by atoms with van der Waals surface area (Å²) < 4.78 is 13.4. The SMILES string of the molecule is CCC(C)N(CC(=O)N(Cc1ccc(F)cc1)Cc1cccs1)C(=O)c1ccc2ccccc2c1. The van der Waals surface area contributed by atoms with Crippen LogP contribution in [-0.4, -0.2) is 34.2 Å². The van der Waals surface area contributed by atoms with Gasteiger partial charge in [0.1, 0.15) is 12.4 Å². The zero-order valence-electron chi connectivity index (χ0n) is 20.0. The highest BCUT2D eigenvalue weighted by Crippen LogP contribution is 2.20. The lowest BCUT2D eigenvalue weighted by Gasteiger charge is -2.31. The first-order valence-electron chi connectivity index (χ1n) is 11.8. The number of halogens is 1. The van der Waals surface area contributed by atoms with E-state index in [4.69, 9.17) is 0 Å². The molecular weight excluding hydrogens is 459 g/mol. The molecule has 2 amide bonds. The molecule has 1 aromatic heterocycles. The minimum atomic E-state index is -0.311. The number of thiophene rings is 1. The van der Waals surface area contributed by atoms with Crippen molar-refractivity contribution in [1.29, 1.82) is 0 Å². The minimum Gasteiger partial charge on any atom is -0.332 e. The molecule has 4 aromatic rings. The molecule has 1 unspecified atom stereocenters. The van der Waals surface area contributed by atoms with Gasteiger partial charge in [0, 0.05) is 23.0 Å². The number of amides is 2. The molecule has 35 heavy (non-hydrogen) atoms. The van der Waals surface area contributed by atoms with E-state index in [9.17, 15) is 14.0 Å². The van der Waals surface area contributed by atoms with Crippen LogP contribution >= 0.6 is 11.3 Å². The Hall–Kier alpha value is -3.51. The normalized spacial score (nSPS) is 11.9. The van der Waals surface area contributed by atoms with Crippen LogP contribution in [-0.2, 0) is 17.9 Å². The first-order chi connectivity index (χ1) is 16.9. The fourth-order valence-corrected chi connectivity index (χ4v) is 4.73. The highest BCUT2D eigenvalue weighted by Gasteiger charge is 2.26. The van der Waals surface area contributed by atoms with Crippen molar-refractivity contribution < 1.29 is 14.0 Å². The molecule has 180 valence electrons. The summed E-state index contributed by atoms with van der Waals surface area (Å²) in [6.45, 7) is 4.74. The van der Waals surface area contributed by atoms with E-state index in [1.165, 1.54) is 12.1 Å². The third-order valence-corrected chi connectivity index (χ3v) is 7.11. The number of rotatable bonds is 9. The van der Waals surface area contributed by atoms with Crippen LogP contribution in [0.25, 0.3) is 10.8 Å². The highest BCUT2D eigenvalue weighted by molar-refractivity contribution is 7.09. The van der Waals surface area contributed by atoms with Gasteiger partial charge < -0.3 is 9.80 Å². The summed E-state index contributed by atoms with van der Waals surface area (Å²) in [6.07, 6.45) is 0.732. The number of benzene rings is 3.